The average Bonchev–Trinajstić information content (AvgIpc) is 2.46. The summed E-state index contributed by atoms with van der Waals surface area (Å²) in [7, 11) is 0. The normalized spacial score (nSPS) is 22.9. The van der Waals surface area contributed by atoms with Gasteiger partial charge in [-0.3, -0.25) is 9.78 Å². The first-order valence-corrected chi connectivity index (χ1v) is 6.45. The highest BCUT2D eigenvalue weighted by Gasteiger charge is 2.31. The number of carbonyl (C=O) groups is 1. The van der Waals surface area contributed by atoms with Crippen molar-refractivity contribution in [2.75, 3.05) is 13.1 Å². The molecule has 0 bridgehead atoms. The molecule has 2 heterocycles. The lowest BCUT2D eigenvalue weighted by molar-refractivity contribution is 0.0704. The predicted molar refractivity (Wildman–Crippen MR) is 69.1 cm³/mol. The highest BCUT2D eigenvalue weighted by Crippen LogP contribution is 2.29. The number of hydrogen-bond acceptors (Lipinski definition) is 3. The first-order chi connectivity index (χ1) is 8.87. The summed E-state index contributed by atoms with van der Waals surface area (Å²) in [5.74, 6) is -0.742. The van der Waals surface area contributed by atoms with Crippen LogP contribution in [0.2, 0.25) is 0 Å². The van der Waals surface area contributed by atoms with Gasteiger partial charge in [-0.25, -0.2) is 4.39 Å². The number of rotatable bonds is 1. The van der Waals surface area contributed by atoms with Crippen molar-refractivity contribution in [2.24, 2.45) is 5.41 Å². The van der Waals surface area contributed by atoms with Crippen LogP contribution in [0.15, 0.2) is 18.5 Å². The number of halogens is 1. The van der Waals surface area contributed by atoms with E-state index >= 15 is 0 Å². The summed E-state index contributed by atoms with van der Waals surface area (Å²) < 4.78 is 13.1. The van der Waals surface area contributed by atoms with Crippen LogP contribution < -0.4 is 0 Å². The molecule has 104 valence electrons. The van der Waals surface area contributed by atoms with E-state index in [9.17, 15) is 14.3 Å². The smallest absolute Gasteiger partial charge is 0.255 e. The van der Waals surface area contributed by atoms with Crippen LogP contribution in [0.25, 0.3) is 0 Å². The zero-order valence-electron chi connectivity index (χ0n) is 11.3. The number of hydrogen-bond donors (Lipinski definition) is 1. The van der Waals surface area contributed by atoms with Crippen molar-refractivity contribution in [1.82, 2.24) is 9.88 Å². The molecule has 5 heteroatoms. The molecule has 1 unspecified atom stereocenters. The Balaban J connectivity index is 2.18. The standard InChI is InChI=1S/C14H19FN2O2/c1-14(2)6-12(18)3-4-17(9-14)13(19)10-5-11(15)8-16-7-10/h5,7-8,12,18H,3-4,6,9H2,1-2H3. The molecule has 1 atom stereocenters. The van der Waals surface area contributed by atoms with E-state index in [4.69, 9.17) is 0 Å². The van der Waals surface area contributed by atoms with Crippen LogP contribution >= 0.6 is 0 Å². The minimum Gasteiger partial charge on any atom is -0.393 e. The lowest BCUT2D eigenvalue weighted by Gasteiger charge is -2.29. The lowest BCUT2D eigenvalue weighted by atomic mass is 9.87. The summed E-state index contributed by atoms with van der Waals surface area (Å²) in [4.78, 5) is 17.7. The maximum absolute atomic E-state index is 13.1. The Hall–Kier alpha value is -1.49. The van der Waals surface area contributed by atoms with Crippen molar-refractivity contribution in [3.63, 3.8) is 0 Å². The number of nitrogens with zero attached hydrogens (tertiary/aromatic N) is 2. The monoisotopic (exact) mass is 266 g/mol. The van der Waals surface area contributed by atoms with E-state index in [2.05, 4.69) is 4.98 Å². The molecule has 1 amide bonds. The minimum atomic E-state index is -0.514. The Kier molecular flexibility index (Phi) is 3.85. The second-order valence-corrected chi connectivity index (χ2v) is 5.93. The number of carbonyl (C=O) groups excluding carboxylic acids is 1. The Morgan fingerprint density at radius 1 is 1.53 bits per heavy atom. The predicted octanol–water partition coefficient (Wildman–Crippen LogP) is 1.84. The molecule has 1 aliphatic heterocycles. The molecule has 1 aromatic rings. The fraction of sp³-hybridized carbons (Fsp3) is 0.571. The summed E-state index contributed by atoms with van der Waals surface area (Å²) in [6.45, 7) is 5.08. The van der Waals surface area contributed by atoms with Gasteiger partial charge in [-0.1, -0.05) is 13.8 Å². The molecule has 0 saturated carbocycles. The molecule has 0 radical (unpaired) electrons. The average molecular weight is 266 g/mol. The van der Waals surface area contributed by atoms with Gasteiger partial charge in [-0.05, 0) is 24.3 Å². The van der Waals surface area contributed by atoms with Crippen LogP contribution in [0.3, 0.4) is 0 Å². The van der Waals surface area contributed by atoms with E-state index in [0.29, 0.717) is 25.9 Å². The van der Waals surface area contributed by atoms with Gasteiger partial charge in [-0.15, -0.1) is 0 Å². The molecular formula is C14H19FN2O2. The summed E-state index contributed by atoms with van der Waals surface area (Å²) in [6, 6.07) is 1.20. The van der Waals surface area contributed by atoms with Gasteiger partial charge in [0.1, 0.15) is 5.82 Å². The molecule has 2 rings (SSSR count). The van der Waals surface area contributed by atoms with Crippen LogP contribution in [0.4, 0.5) is 4.39 Å². The topological polar surface area (TPSA) is 53.4 Å². The zero-order valence-corrected chi connectivity index (χ0v) is 11.3. The Bertz CT molecular complexity index is 476. The van der Waals surface area contributed by atoms with E-state index in [-0.39, 0.29) is 16.9 Å². The van der Waals surface area contributed by atoms with Crippen molar-refractivity contribution < 1.29 is 14.3 Å². The van der Waals surface area contributed by atoms with Gasteiger partial charge in [0.2, 0.25) is 0 Å². The second kappa shape index (κ2) is 5.25. The molecule has 0 aromatic carbocycles. The molecule has 1 fully saturated rings. The second-order valence-electron chi connectivity index (χ2n) is 5.93. The molecule has 1 saturated heterocycles. The fourth-order valence-electron chi connectivity index (χ4n) is 2.59. The Morgan fingerprint density at radius 3 is 2.95 bits per heavy atom. The van der Waals surface area contributed by atoms with Gasteiger partial charge in [0.25, 0.3) is 5.91 Å². The number of aromatic nitrogens is 1. The zero-order chi connectivity index (χ0) is 14.0. The third-order valence-corrected chi connectivity index (χ3v) is 3.38. The molecule has 1 aromatic heterocycles. The van der Waals surface area contributed by atoms with Gasteiger partial charge in [-0.2, -0.15) is 0 Å². The van der Waals surface area contributed by atoms with Gasteiger partial charge in [0.05, 0.1) is 17.9 Å². The van der Waals surface area contributed by atoms with Crippen molar-refractivity contribution in [3.05, 3.63) is 29.8 Å². The molecule has 0 spiro atoms. The van der Waals surface area contributed by atoms with Crippen molar-refractivity contribution in [1.29, 1.82) is 0 Å². The maximum Gasteiger partial charge on any atom is 0.255 e. The van der Waals surface area contributed by atoms with Gasteiger partial charge in [0, 0.05) is 19.3 Å². The van der Waals surface area contributed by atoms with Crippen LogP contribution in [-0.4, -0.2) is 40.1 Å². The molecule has 0 aliphatic carbocycles. The molecule has 1 aliphatic rings. The van der Waals surface area contributed by atoms with Crippen LogP contribution in [-0.2, 0) is 0 Å². The molecule has 19 heavy (non-hydrogen) atoms. The Morgan fingerprint density at radius 2 is 2.26 bits per heavy atom. The van der Waals surface area contributed by atoms with Crippen LogP contribution in [0, 0.1) is 11.2 Å². The summed E-state index contributed by atoms with van der Waals surface area (Å²) >= 11 is 0. The van der Waals surface area contributed by atoms with E-state index in [0.717, 1.165) is 6.20 Å². The summed E-state index contributed by atoms with van der Waals surface area (Å²) in [5.41, 5.74) is 0.110. The highest BCUT2D eigenvalue weighted by molar-refractivity contribution is 5.93. The third kappa shape index (κ3) is 3.50. The number of pyridine rings is 1. The van der Waals surface area contributed by atoms with E-state index < -0.39 is 11.9 Å². The lowest BCUT2D eigenvalue weighted by Crippen LogP contribution is -2.37. The SMILES string of the molecule is CC1(C)CC(O)CCN(C(=O)c2cncc(F)c2)C1. The van der Waals surface area contributed by atoms with Gasteiger partial charge in [0.15, 0.2) is 0 Å². The van der Waals surface area contributed by atoms with Crippen LogP contribution in [0.5, 0.6) is 0 Å². The number of likely N-dealkylation sites (tertiary alicyclic amines) is 1. The number of aliphatic hydroxyl groups excluding tert-OH is 1. The van der Waals surface area contributed by atoms with Gasteiger partial charge >= 0.3 is 0 Å². The maximum atomic E-state index is 13.1. The fourth-order valence-corrected chi connectivity index (χ4v) is 2.59. The highest BCUT2D eigenvalue weighted by atomic mass is 19.1. The first-order valence-electron chi connectivity index (χ1n) is 6.45. The van der Waals surface area contributed by atoms with Crippen molar-refractivity contribution >= 4 is 5.91 Å². The van der Waals surface area contributed by atoms with Crippen molar-refractivity contribution in [2.45, 2.75) is 32.8 Å². The van der Waals surface area contributed by atoms with Crippen molar-refractivity contribution in [3.8, 4) is 0 Å². The van der Waals surface area contributed by atoms with E-state index in [1.807, 2.05) is 13.8 Å². The summed E-state index contributed by atoms with van der Waals surface area (Å²) in [6.07, 6.45) is 3.28. The van der Waals surface area contributed by atoms with Gasteiger partial charge < -0.3 is 10.0 Å². The molecule has 1 N–H and O–H groups in total. The largest absolute Gasteiger partial charge is 0.393 e. The molecule has 4 nitrogen and oxygen atoms in total. The first kappa shape index (κ1) is 13.9. The Labute approximate surface area is 112 Å². The molecular weight excluding hydrogens is 247 g/mol. The van der Waals surface area contributed by atoms with E-state index in [1.54, 1.807) is 4.90 Å². The van der Waals surface area contributed by atoms with Crippen LogP contribution in [0.1, 0.15) is 37.0 Å². The summed E-state index contributed by atoms with van der Waals surface area (Å²) in [5, 5.41) is 9.83. The minimum absolute atomic E-state index is 0.146. The quantitative estimate of drug-likeness (QED) is 0.844. The number of aliphatic hydroxyl groups is 1. The number of amides is 1. The third-order valence-electron chi connectivity index (χ3n) is 3.38. The van der Waals surface area contributed by atoms with E-state index in [1.165, 1.54) is 12.3 Å².